The molecule has 0 aliphatic carbocycles. The normalized spacial score (nSPS) is 10.6. The van der Waals surface area contributed by atoms with Crippen LogP contribution < -0.4 is 5.32 Å². The molecule has 0 radical (unpaired) electrons. The Bertz CT molecular complexity index is 753. The fourth-order valence-corrected chi connectivity index (χ4v) is 1.79. The number of hydrogen-bond donors (Lipinski definition) is 2. The lowest BCUT2D eigenvalue weighted by atomic mass is 10.2. The minimum atomic E-state index is -0.667. The predicted molar refractivity (Wildman–Crippen MR) is 68.2 cm³/mol. The number of H-pyrrole nitrogens is 1. The number of halogens is 1. The summed E-state index contributed by atoms with van der Waals surface area (Å²) >= 11 is 0. The zero-order valence-corrected chi connectivity index (χ0v) is 9.72. The van der Waals surface area contributed by atoms with E-state index in [1.54, 1.807) is 0 Å². The molecule has 6 heteroatoms. The van der Waals surface area contributed by atoms with Crippen molar-refractivity contribution in [3.8, 4) is 0 Å². The molecule has 0 spiro atoms. The molecule has 0 saturated heterocycles. The average molecular weight is 256 g/mol. The minimum Gasteiger partial charge on any atom is -0.304 e. The number of hydrogen-bond acceptors (Lipinski definition) is 3. The lowest BCUT2D eigenvalue weighted by Crippen LogP contribution is -2.14. The number of carbonyl (C=O) groups excluding carboxylic acids is 1. The van der Waals surface area contributed by atoms with Gasteiger partial charge in [-0.05, 0) is 18.2 Å². The van der Waals surface area contributed by atoms with Crippen LogP contribution in [0, 0.1) is 5.82 Å². The van der Waals surface area contributed by atoms with Crippen LogP contribution in [0.1, 0.15) is 10.4 Å². The molecule has 0 unspecified atom stereocenters. The van der Waals surface area contributed by atoms with Gasteiger partial charge in [0.25, 0.3) is 5.91 Å². The van der Waals surface area contributed by atoms with Gasteiger partial charge in [0.05, 0.1) is 17.3 Å². The summed E-state index contributed by atoms with van der Waals surface area (Å²) in [7, 11) is 0. The van der Waals surface area contributed by atoms with Gasteiger partial charge in [0, 0.05) is 11.6 Å². The van der Waals surface area contributed by atoms with Gasteiger partial charge in [-0.1, -0.05) is 12.1 Å². The summed E-state index contributed by atoms with van der Waals surface area (Å²) < 4.78 is 13.4. The van der Waals surface area contributed by atoms with Crippen LogP contribution in [-0.4, -0.2) is 21.1 Å². The fourth-order valence-electron chi connectivity index (χ4n) is 1.79. The second-order valence-electron chi connectivity index (χ2n) is 3.93. The maximum Gasteiger partial charge on any atom is 0.259 e. The molecule has 94 valence electrons. The van der Waals surface area contributed by atoms with Gasteiger partial charge in [-0.2, -0.15) is 5.10 Å². The number of benzene rings is 1. The molecular formula is C13H9FN4O. The second kappa shape index (κ2) is 4.49. The van der Waals surface area contributed by atoms with Crippen molar-refractivity contribution < 1.29 is 9.18 Å². The Kier molecular flexibility index (Phi) is 2.68. The largest absolute Gasteiger partial charge is 0.304 e. The van der Waals surface area contributed by atoms with Gasteiger partial charge in [0.15, 0.2) is 11.6 Å². The van der Waals surface area contributed by atoms with Crippen LogP contribution in [0.25, 0.3) is 10.9 Å². The maximum absolute atomic E-state index is 13.4. The summed E-state index contributed by atoms with van der Waals surface area (Å²) in [5.74, 6) is -0.853. The van der Waals surface area contributed by atoms with Crippen molar-refractivity contribution in [2.75, 3.05) is 5.32 Å². The highest BCUT2D eigenvalue weighted by molar-refractivity contribution is 6.07. The quantitative estimate of drug-likeness (QED) is 0.739. The van der Waals surface area contributed by atoms with E-state index in [1.807, 2.05) is 24.3 Å². The summed E-state index contributed by atoms with van der Waals surface area (Å²) in [6.45, 7) is 0. The standard InChI is InChI=1S/C13H9FN4O/c14-10-7-15-6-5-8(10)13(19)16-12-9-3-1-2-4-11(9)17-18-12/h1-7H,(H2,16,17,18,19). The van der Waals surface area contributed by atoms with Crippen molar-refractivity contribution >= 4 is 22.6 Å². The zero-order valence-electron chi connectivity index (χ0n) is 9.72. The van der Waals surface area contributed by atoms with Gasteiger partial charge in [-0.15, -0.1) is 0 Å². The number of fused-ring (bicyclic) bond motifs is 1. The third-order valence-electron chi connectivity index (χ3n) is 2.72. The van der Waals surface area contributed by atoms with E-state index in [4.69, 9.17) is 0 Å². The Morgan fingerprint density at radius 3 is 2.95 bits per heavy atom. The number of nitrogens with one attached hydrogen (secondary N) is 2. The van der Waals surface area contributed by atoms with Crippen molar-refractivity contribution in [2.24, 2.45) is 0 Å². The Morgan fingerprint density at radius 2 is 2.11 bits per heavy atom. The van der Waals surface area contributed by atoms with Crippen molar-refractivity contribution in [3.63, 3.8) is 0 Å². The molecule has 0 aliphatic rings. The Morgan fingerprint density at radius 1 is 1.26 bits per heavy atom. The molecule has 3 aromatic rings. The van der Waals surface area contributed by atoms with E-state index in [9.17, 15) is 9.18 Å². The lowest BCUT2D eigenvalue weighted by molar-refractivity contribution is 0.102. The number of pyridine rings is 1. The molecule has 1 aromatic carbocycles. The average Bonchev–Trinajstić information content (AvgIpc) is 2.83. The number of carbonyl (C=O) groups is 1. The first kappa shape index (κ1) is 11.3. The maximum atomic E-state index is 13.4. The zero-order chi connectivity index (χ0) is 13.2. The van der Waals surface area contributed by atoms with E-state index in [0.29, 0.717) is 5.82 Å². The number of amides is 1. The van der Waals surface area contributed by atoms with E-state index in [0.717, 1.165) is 17.1 Å². The van der Waals surface area contributed by atoms with Crippen LogP contribution in [-0.2, 0) is 0 Å². The van der Waals surface area contributed by atoms with Crippen LogP contribution in [0.5, 0.6) is 0 Å². The van der Waals surface area contributed by atoms with Gasteiger partial charge in [-0.3, -0.25) is 14.9 Å². The Balaban J connectivity index is 1.94. The number of nitrogens with zero attached hydrogens (tertiary/aromatic N) is 2. The molecule has 1 amide bonds. The Labute approximate surface area is 107 Å². The molecule has 19 heavy (non-hydrogen) atoms. The number of anilines is 1. The van der Waals surface area contributed by atoms with E-state index in [1.165, 1.54) is 12.3 Å². The monoisotopic (exact) mass is 256 g/mol. The molecular weight excluding hydrogens is 247 g/mol. The van der Waals surface area contributed by atoms with E-state index < -0.39 is 11.7 Å². The second-order valence-corrected chi connectivity index (χ2v) is 3.93. The van der Waals surface area contributed by atoms with E-state index in [-0.39, 0.29) is 5.56 Å². The lowest BCUT2D eigenvalue weighted by Gasteiger charge is -2.03. The highest BCUT2D eigenvalue weighted by Crippen LogP contribution is 2.20. The van der Waals surface area contributed by atoms with E-state index in [2.05, 4.69) is 20.5 Å². The van der Waals surface area contributed by atoms with Gasteiger partial charge < -0.3 is 5.32 Å². The van der Waals surface area contributed by atoms with Crippen molar-refractivity contribution in [1.82, 2.24) is 15.2 Å². The summed E-state index contributed by atoms with van der Waals surface area (Å²) in [6.07, 6.45) is 2.36. The van der Waals surface area contributed by atoms with Crippen molar-refractivity contribution in [2.45, 2.75) is 0 Å². The predicted octanol–water partition coefficient (Wildman–Crippen LogP) is 2.35. The molecule has 0 atom stereocenters. The minimum absolute atomic E-state index is 0.0675. The summed E-state index contributed by atoms with van der Waals surface area (Å²) in [5, 5.41) is 10.1. The topological polar surface area (TPSA) is 70.7 Å². The first-order valence-electron chi connectivity index (χ1n) is 5.59. The summed E-state index contributed by atoms with van der Waals surface area (Å²) in [6, 6.07) is 8.66. The molecule has 0 saturated carbocycles. The molecule has 0 bridgehead atoms. The number of aromatic nitrogens is 3. The van der Waals surface area contributed by atoms with Crippen LogP contribution in [0.4, 0.5) is 10.2 Å². The third kappa shape index (κ3) is 2.03. The highest BCUT2D eigenvalue weighted by atomic mass is 19.1. The first-order chi connectivity index (χ1) is 9.25. The van der Waals surface area contributed by atoms with E-state index >= 15 is 0 Å². The molecule has 5 nitrogen and oxygen atoms in total. The van der Waals surface area contributed by atoms with Crippen molar-refractivity contribution in [3.05, 3.63) is 54.1 Å². The van der Waals surface area contributed by atoms with Crippen LogP contribution in [0.2, 0.25) is 0 Å². The number of para-hydroxylation sites is 1. The Hall–Kier alpha value is -2.76. The van der Waals surface area contributed by atoms with Gasteiger partial charge >= 0.3 is 0 Å². The smallest absolute Gasteiger partial charge is 0.259 e. The van der Waals surface area contributed by atoms with Crippen molar-refractivity contribution in [1.29, 1.82) is 0 Å². The SMILES string of the molecule is O=C(Nc1n[nH]c2ccccc12)c1ccncc1F. The van der Waals surface area contributed by atoms with Crippen LogP contribution in [0.3, 0.4) is 0 Å². The van der Waals surface area contributed by atoms with Crippen LogP contribution in [0.15, 0.2) is 42.7 Å². The van der Waals surface area contributed by atoms with Gasteiger partial charge in [-0.25, -0.2) is 4.39 Å². The third-order valence-corrected chi connectivity index (χ3v) is 2.72. The fraction of sp³-hybridized carbons (Fsp3) is 0. The highest BCUT2D eigenvalue weighted by Gasteiger charge is 2.14. The molecule has 3 rings (SSSR count). The number of rotatable bonds is 2. The number of aromatic amines is 1. The van der Waals surface area contributed by atoms with Gasteiger partial charge in [0.2, 0.25) is 0 Å². The molecule has 2 N–H and O–H groups in total. The summed E-state index contributed by atoms with van der Waals surface area (Å²) in [4.78, 5) is 15.5. The molecule has 0 fully saturated rings. The molecule has 2 aromatic heterocycles. The summed E-state index contributed by atoms with van der Waals surface area (Å²) in [5.41, 5.74) is 0.732. The van der Waals surface area contributed by atoms with Gasteiger partial charge in [0.1, 0.15) is 0 Å². The first-order valence-corrected chi connectivity index (χ1v) is 5.59. The molecule has 0 aliphatic heterocycles. The molecule has 2 heterocycles. The van der Waals surface area contributed by atoms with Crippen LogP contribution >= 0.6 is 0 Å².